The maximum Gasteiger partial charge on any atom is 0.313 e. The lowest BCUT2D eigenvalue weighted by Gasteiger charge is -2.11. The highest BCUT2D eigenvalue weighted by Crippen LogP contribution is 2.36. The molecule has 0 aliphatic heterocycles. The van der Waals surface area contributed by atoms with Crippen LogP contribution in [0.25, 0.3) is 0 Å². The Morgan fingerprint density at radius 2 is 1.76 bits per heavy atom. The third kappa shape index (κ3) is 3.68. The maximum atomic E-state index is 11.0. The Bertz CT molecular complexity index is 680. The number of aryl methyl sites for hydroxylation is 3. The van der Waals surface area contributed by atoms with Gasteiger partial charge in [-0.25, -0.2) is 0 Å². The predicted molar refractivity (Wildman–Crippen MR) is 85.2 cm³/mol. The number of rotatable bonds is 4. The van der Waals surface area contributed by atoms with E-state index in [0.717, 1.165) is 28.1 Å². The van der Waals surface area contributed by atoms with Gasteiger partial charge in [0.15, 0.2) is 0 Å². The molecule has 0 unspecified atom stereocenters. The number of hydrogen-bond donors (Lipinski definition) is 0. The second-order valence-corrected chi connectivity index (χ2v) is 5.94. The van der Waals surface area contributed by atoms with Crippen molar-refractivity contribution in [3.8, 4) is 5.75 Å². The van der Waals surface area contributed by atoms with Crippen molar-refractivity contribution >= 4 is 29.3 Å². The van der Waals surface area contributed by atoms with E-state index in [1.54, 1.807) is 6.07 Å². The first kappa shape index (κ1) is 15.7. The van der Waals surface area contributed by atoms with E-state index in [4.69, 9.17) is 15.8 Å². The molecule has 4 nitrogen and oxygen atoms in total. The molecule has 0 radical (unpaired) electrons. The topological polar surface area (TPSA) is 52.4 Å². The van der Waals surface area contributed by atoms with Crippen LogP contribution in [0.1, 0.15) is 16.7 Å². The second kappa shape index (κ2) is 6.37. The van der Waals surface area contributed by atoms with E-state index in [0.29, 0.717) is 5.02 Å². The fourth-order valence-corrected chi connectivity index (χ4v) is 2.95. The number of nitro benzene ring substituents is 1. The molecule has 0 aliphatic carbocycles. The molecule has 0 saturated heterocycles. The average Bonchev–Trinajstić information content (AvgIpc) is 2.38. The summed E-state index contributed by atoms with van der Waals surface area (Å²) in [5, 5.41) is 11.3. The van der Waals surface area contributed by atoms with Gasteiger partial charge in [0, 0.05) is 11.1 Å². The molecule has 0 saturated carbocycles. The van der Waals surface area contributed by atoms with Gasteiger partial charge in [0.25, 0.3) is 0 Å². The van der Waals surface area contributed by atoms with Crippen molar-refractivity contribution in [1.82, 2.24) is 0 Å². The molecular weight excluding hydrogens is 310 g/mol. The van der Waals surface area contributed by atoms with E-state index in [9.17, 15) is 10.1 Å². The molecule has 2 rings (SSSR count). The van der Waals surface area contributed by atoms with Crippen LogP contribution in [0, 0.1) is 30.9 Å². The van der Waals surface area contributed by atoms with Crippen LogP contribution in [0.2, 0.25) is 5.02 Å². The van der Waals surface area contributed by atoms with Gasteiger partial charge in [-0.2, -0.15) is 0 Å². The Kier molecular flexibility index (Phi) is 4.75. The first-order valence-electron chi connectivity index (χ1n) is 6.25. The van der Waals surface area contributed by atoms with Crippen molar-refractivity contribution in [1.29, 1.82) is 0 Å². The van der Waals surface area contributed by atoms with Crippen molar-refractivity contribution in [2.45, 2.75) is 25.7 Å². The lowest BCUT2D eigenvalue weighted by atomic mass is 10.1. The molecule has 6 heteroatoms. The summed E-state index contributed by atoms with van der Waals surface area (Å²) in [5.41, 5.74) is 3.19. The van der Waals surface area contributed by atoms with Gasteiger partial charge in [-0.15, -0.1) is 0 Å². The summed E-state index contributed by atoms with van der Waals surface area (Å²) in [6.07, 6.45) is 0. The standard InChI is InChI=1S/C15H14ClNO3S/c1-9-6-10(2)15(11(3)7-9)21-20-14-5-4-12(16)8-13(14)17(18)19/h4-8H,1-3H3. The Morgan fingerprint density at radius 3 is 2.33 bits per heavy atom. The van der Waals surface area contributed by atoms with Gasteiger partial charge < -0.3 is 4.18 Å². The van der Waals surface area contributed by atoms with Crippen LogP contribution in [0.4, 0.5) is 5.69 Å². The molecule has 110 valence electrons. The van der Waals surface area contributed by atoms with Crippen molar-refractivity contribution in [3.63, 3.8) is 0 Å². The van der Waals surface area contributed by atoms with Crippen LogP contribution >= 0.6 is 23.6 Å². The van der Waals surface area contributed by atoms with Crippen LogP contribution in [0.15, 0.2) is 35.2 Å². The summed E-state index contributed by atoms with van der Waals surface area (Å²) >= 11 is 6.90. The summed E-state index contributed by atoms with van der Waals surface area (Å²) in [4.78, 5) is 11.5. The zero-order chi connectivity index (χ0) is 15.6. The summed E-state index contributed by atoms with van der Waals surface area (Å²) in [6, 6.07) is 8.46. The van der Waals surface area contributed by atoms with Crippen LogP contribution in [0.5, 0.6) is 5.75 Å². The number of nitrogens with zero attached hydrogens (tertiary/aromatic N) is 1. The van der Waals surface area contributed by atoms with Gasteiger partial charge in [-0.05, 0) is 44.0 Å². The number of benzene rings is 2. The van der Waals surface area contributed by atoms with Crippen LogP contribution < -0.4 is 4.18 Å². The van der Waals surface area contributed by atoms with E-state index in [2.05, 4.69) is 12.1 Å². The van der Waals surface area contributed by atoms with Gasteiger partial charge in [-0.1, -0.05) is 29.3 Å². The lowest BCUT2D eigenvalue weighted by molar-refractivity contribution is -0.385. The van der Waals surface area contributed by atoms with Crippen LogP contribution in [-0.2, 0) is 0 Å². The Labute approximate surface area is 132 Å². The Balaban J connectivity index is 2.27. The van der Waals surface area contributed by atoms with E-state index in [-0.39, 0.29) is 11.4 Å². The molecule has 0 bridgehead atoms. The minimum absolute atomic E-state index is 0.141. The quantitative estimate of drug-likeness (QED) is 0.437. The monoisotopic (exact) mass is 323 g/mol. The molecule has 0 spiro atoms. The maximum absolute atomic E-state index is 11.0. The predicted octanol–water partition coefficient (Wildman–Crippen LogP) is 5.26. The SMILES string of the molecule is Cc1cc(C)c(SOc2ccc(Cl)cc2[N+](=O)[O-])c(C)c1. The van der Waals surface area contributed by atoms with Crippen molar-refractivity contribution in [2.24, 2.45) is 0 Å². The lowest BCUT2D eigenvalue weighted by Crippen LogP contribution is -1.94. The minimum Gasteiger partial charge on any atom is -0.413 e. The molecule has 0 atom stereocenters. The number of hydrogen-bond acceptors (Lipinski definition) is 4. The highest BCUT2D eigenvalue weighted by atomic mass is 35.5. The second-order valence-electron chi connectivity index (χ2n) is 4.76. The molecule has 0 amide bonds. The average molecular weight is 324 g/mol. The summed E-state index contributed by atoms with van der Waals surface area (Å²) < 4.78 is 5.56. The largest absolute Gasteiger partial charge is 0.413 e. The Morgan fingerprint density at radius 1 is 1.14 bits per heavy atom. The highest BCUT2D eigenvalue weighted by molar-refractivity contribution is 7.95. The summed E-state index contributed by atoms with van der Waals surface area (Å²) in [7, 11) is 0. The van der Waals surface area contributed by atoms with E-state index < -0.39 is 4.92 Å². The zero-order valence-electron chi connectivity index (χ0n) is 11.8. The molecular formula is C15H14ClNO3S. The summed E-state index contributed by atoms with van der Waals surface area (Å²) in [5.74, 6) is 0.189. The van der Waals surface area contributed by atoms with E-state index in [1.165, 1.54) is 17.7 Å². The van der Waals surface area contributed by atoms with E-state index >= 15 is 0 Å². The van der Waals surface area contributed by atoms with E-state index in [1.807, 2.05) is 20.8 Å². The van der Waals surface area contributed by atoms with Crippen molar-refractivity contribution < 1.29 is 9.11 Å². The molecule has 0 N–H and O–H groups in total. The van der Waals surface area contributed by atoms with Crippen molar-refractivity contribution in [2.75, 3.05) is 0 Å². The fraction of sp³-hybridized carbons (Fsp3) is 0.200. The molecule has 0 aromatic heterocycles. The number of nitro groups is 1. The molecule has 0 heterocycles. The van der Waals surface area contributed by atoms with Gasteiger partial charge in [0.2, 0.25) is 5.75 Å². The van der Waals surface area contributed by atoms with Gasteiger partial charge in [-0.3, -0.25) is 10.1 Å². The molecule has 0 aliphatic rings. The molecule has 2 aromatic rings. The van der Waals surface area contributed by atoms with Crippen LogP contribution in [0.3, 0.4) is 0 Å². The molecule has 0 fully saturated rings. The smallest absolute Gasteiger partial charge is 0.313 e. The summed E-state index contributed by atoms with van der Waals surface area (Å²) in [6.45, 7) is 6.00. The van der Waals surface area contributed by atoms with Gasteiger partial charge in [0.05, 0.1) is 21.9 Å². The highest BCUT2D eigenvalue weighted by Gasteiger charge is 2.17. The molecule has 2 aromatic carbocycles. The van der Waals surface area contributed by atoms with Crippen molar-refractivity contribution in [3.05, 3.63) is 62.2 Å². The third-order valence-electron chi connectivity index (χ3n) is 2.94. The first-order chi connectivity index (χ1) is 9.88. The minimum atomic E-state index is -0.503. The fourth-order valence-electron chi connectivity index (χ4n) is 2.09. The van der Waals surface area contributed by atoms with Gasteiger partial charge >= 0.3 is 5.69 Å². The number of halogens is 1. The zero-order valence-corrected chi connectivity index (χ0v) is 13.4. The normalized spacial score (nSPS) is 10.5. The molecule has 21 heavy (non-hydrogen) atoms. The van der Waals surface area contributed by atoms with Crippen LogP contribution in [-0.4, -0.2) is 4.92 Å². The van der Waals surface area contributed by atoms with Gasteiger partial charge in [0.1, 0.15) is 0 Å². The Hall–Kier alpha value is -1.72. The first-order valence-corrected chi connectivity index (χ1v) is 7.36. The third-order valence-corrected chi connectivity index (χ3v) is 4.25.